The lowest BCUT2D eigenvalue weighted by molar-refractivity contribution is -0.0760. The van der Waals surface area contributed by atoms with Crippen molar-refractivity contribution in [2.75, 3.05) is 14.2 Å². The van der Waals surface area contributed by atoms with Gasteiger partial charge in [-0.15, -0.1) is 0 Å². The number of carbonyl (C=O) groups excluding carboxylic acids is 1. The lowest BCUT2D eigenvalue weighted by Crippen LogP contribution is -2.26. The first-order chi connectivity index (χ1) is 17.8. The van der Waals surface area contributed by atoms with Crippen LogP contribution in [0.2, 0.25) is 0 Å². The first-order valence-electron chi connectivity index (χ1n) is 12.0. The molecule has 4 aromatic rings. The molecule has 2 heterocycles. The Kier molecular flexibility index (Phi) is 9.74. The summed E-state index contributed by atoms with van der Waals surface area (Å²) in [6.07, 6.45) is 1.74. The third-order valence-electron chi connectivity index (χ3n) is 5.87. The Hall–Kier alpha value is -4.24. The van der Waals surface area contributed by atoms with Crippen molar-refractivity contribution in [2.24, 2.45) is 0 Å². The van der Waals surface area contributed by atoms with E-state index in [1.54, 1.807) is 23.9 Å². The summed E-state index contributed by atoms with van der Waals surface area (Å²) < 4.78 is 3.58. The summed E-state index contributed by atoms with van der Waals surface area (Å²) in [5, 5.41) is 18.4. The minimum Gasteiger partial charge on any atom is -0.476 e. The molecule has 0 aliphatic rings. The number of rotatable bonds is 9. The second-order valence-electron chi connectivity index (χ2n) is 8.55. The number of aryl methyl sites for hydroxylation is 6. The van der Waals surface area contributed by atoms with Crippen molar-refractivity contribution < 1.29 is 19.5 Å². The summed E-state index contributed by atoms with van der Waals surface area (Å²) in [5.74, 6) is -1.22. The standard InChI is InChI=1S/C15H19N3O2.C13H14N2O2/c1-12-11-14(15(19)17(2)20-3)16-18(12)10-9-13-7-5-4-6-8-13;1-10-9-12(13(16)17)14-15(10)8-7-11-5-3-2-4-6-11/h4-8,11H,9-10H2,1-3H3;2-6,9H,7-8H2,1H3,(H,16,17). The molecule has 0 radical (unpaired) electrons. The molecule has 0 saturated carbocycles. The minimum atomic E-state index is -0.980. The van der Waals surface area contributed by atoms with Crippen molar-refractivity contribution in [3.8, 4) is 0 Å². The Balaban J connectivity index is 0.000000208. The van der Waals surface area contributed by atoms with Crippen LogP contribution in [-0.2, 0) is 30.8 Å². The van der Waals surface area contributed by atoms with E-state index in [-0.39, 0.29) is 11.6 Å². The number of benzene rings is 2. The first kappa shape index (κ1) is 27.3. The van der Waals surface area contributed by atoms with Gasteiger partial charge in [0, 0.05) is 31.5 Å². The Morgan fingerprint density at radius 3 is 1.65 bits per heavy atom. The van der Waals surface area contributed by atoms with Gasteiger partial charge in [0.2, 0.25) is 0 Å². The van der Waals surface area contributed by atoms with Crippen molar-refractivity contribution in [2.45, 2.75) is 39.8 Å². The molecule has 0 spiro atoms. The molecule has 0 aliphatic heterocycles. The van der Waals surface area contributed by atoms with Crippen LogP contribution in [0, 0.1) is 13.8 Å². The summed E-state index contributed by atoms with van der Waals surface area (Å²) in [6, 6.07) is 23.7. The lowest BCUT2D eigenvalue weighted by Gasteiger charge is -2.11. The SMILES string of the molecule is CON(C)C(=O)c1cc(C)n(CCc2ccccc2)n1.Cc1cc(C(=O)O)nn1CCc1ccccc1. The molecule has 0 unspecified atom stereocenters. The number of hydrogen-bond acceptors (Lipinski definition) is 5. The molecule has 2 aromatic carbocycles. The molecule has 9 heteroatoms. The summed E-state index contributed by atoms with van der Waals surface area (Å²) in [5.41, 5.74) is 4.83. The quantitative estimate of drug-likeness (QED) is 0.344. The first-order valence-corrected chi connectivity index (χ1v) is 12.0. The van der Waals surface area contributed by atoms with Gasteiger partial charge in [-0.3, -0.25) is 19.0 Å². The molecule has 0 bridgehead atoms. The van der Waals surface area contributed by atoms with Gasteiger partial charge in [-0.2, -0.15) is 10.2 Å². The number of carbonyl (C=O) groups is 2. The van der Waals surface area contributed by atoms with Crippen LogP contribution in [0.25, 0.3) is 0 Å². The predicted molar refractivity (Wildman–Crippen MR) is 140 cm³/mol. The zero-order valence-electron chi connectivity index (χ0n) is 21.7. The van der Waals surface area contributed by atoms with Gasteiger partial charge < -0.3 is 5.11 Å². The number of carboxylic acid groups (broad SMARTS) is 1. The molecule has 0 atom stereocenters. The summed E-state index contributed by atoms with van der Waals surface area (Å²) >= 11 is 0. The van der Waals surface area contributed by atoms with E-state index in [9.17, 15) is 9.59 Å². The van der Waals surface area contributed by atoms with E-state index < -0.39 is 5.97 Å². The van der Waals surface area contributed by atoms with Crippen LogP contribution in [-0.4, -0.2) is 55.8 Å². The summed E-state index contributed by atoms with van der Waals surface area (Å²) in [7, 11) is 3.03. The highest BCUT2D eigenvalue weighted by atomic mass is 16.7. The Bertz CT molecular complexity index is 1300. The number of hydrogen-bond donors (Lipinski definition) is 1. The maximum absolute atomic E-state index is 11.9. The molecule has 37 heavy (non-hydrogen) atoms. The summed E-state index contributed by atoms with van der Waals surface area (Å²) in [4.78, 5) is 27.6. The van der Waals surface area contributed by atoms with Crippen LogP contribution >= 0.6 is 0 Å². The van der Waals surface area contributed by atoms with E-state index in [4.69, 9.17) is 9.94 Å². The maximum atomic E-state index is 11.9. The molecular formula is C28H33N5O4. The molecule has 1 N–H and O–H groups in total. The largest absolute Gasteiger partial charge is 0.476 e. The molecule has 0 aliphatic carbocycles. The van der Waals surface area contributed by atoms with Gasteiger partial charge in [0.1, 0.15) is 0 Å². The van der Waals surface area contributed by atoms with Gasteiger partial charge in [0.15, 0.2) is 11.4 Å². The molecule has 2 aromatic heterocycles. The monoisotopic (exact) mass is 503 g/mol. The fourth-order valence-corrected chi connectivity index (χ4v) is 3.69. The van der Waals surface area contributed by atoms with Gasteiger partial charge in [0.25, 0.3) is 5.91 Å². The van der Waals surface area contributed by atoms with Crippen molar-refractivity contribution in [1.82, 2.24) is 24.6 Å². The van der Waals surface area contributed by atoms with Crippen molar-refractivity contribution >= 4 is 11.9 Å². The Morgan fingerprint density at radius 2 is 1.24 bits per heavy atom. The third-order valence-corrected chi connectivity index (χ3v) is 5.87. The molecule has 194 valence electrons. The number of carboxylic acids is 1. The van der Waals surface area contributed by atoms with Crippen LogP contribution in [0.15, 0.2) is 72.8 Å². The molecule has 4 rings (SSSR count). The van der Waals surface area contributed by atoms with Crippen LogP contribution in [0.5, 0.6) is 0 Å². The van der Waals surface area contributed by atoms with Crippen LogP contribution in [0.3, 0.4) is 0 Å². The van der Waals surface area contributed by atoms with Crippen LogP contribution < -0.4 is 0 Å². The van der Waals surface area contributed by atoms with Gasteiger partial charge in [-0.05, 0) is 49.9 Å². The maximum Gasteiger partial charge on any atom is 0.356 e. The van der Waals surface area contributed by atoms with Crippen molar-refractivity contribution in [3.05, 3.63) is 107 Å². The number of nitrogens with zero attached hydrogens (tertiary/aromatic N) is 5. The number of aromatic carboxylic acids is 1. The van der Waals surface area contributed by atoms with E-state index in [1.807, 2.05) is 54.9 Å². The van der Waals surface area contributed by atoms with E-state index in [0.29, 0.717) is 12.2 Å². The van der Waals surface area contributed by atoms with E-state index in [2.05, 4.69) is 34.5 Å². The second kappa shape index (κ2) is 13.2. The second-order valence-corrected chi connectivity index (χ2v) is 8.55. The average molecular weight is 504 g/mol. The van der Waals surface area contributed by atoms with Gasteiger partial charge in [-0.25, -0.2) is 9.86 Å². The zero-order chi connectivity index (χ0) is 26.8. The molecule has 9 nitrogen and oxygen atoms in total. The average Bonchev–Trinajstić information content (AvgIpc) is 3.48. The smallest absolute Gasteiger partial charge is 0.356 e. The minimum absolute atomic E-state index is 0.107. The molecule has 0 saturated heterocycles. The predicted octanol–water partition coefficient (Wildman–Crippen LogP) is 4.20. The van der Waals surface area contributed by atoms with Gasteiger partial charge in [0.05, 0.1) is 7.11 Å². The topological polar surface area (TPSA) is 102 Å². The van der Waals surface area contributed by atoms with Crippen molar-refractivity contribution in [1.29, 1.82) is 0 Å². The molecule has 1 amide bonds. The fraction of sp³-hybridized carbons (Fsp3) is 0.286. The van der Waals surface area contributed by atoms with Gasteiger partial charge >= 0.3 is 5.97 Å². The van der Waals surface area contributed by atoms with Crippen molar-refractivity contribution in [3.63, 3.8) is 0 Å². The highest BCUT2D eigenvalue weighted by Crippen LogP contribution is 2.09. The van der Waals surface area contributed by atoms with E-state index >= 15 is 0 Å². The lowest BCUT2D eigenvalue weighted by atomic mass is 10.1. The number of aromatic nitrogens is 4. The zero-order valence-corrected chi connectivity index (χ0v) is 21.7. The number of amides is 1. The Labute approximate surface area is 216 Å². The Morgan fingerprint density at radius 1 is 0.811 bits per heavy atom. The normalized spacial score (nSPS) is 10.5. The van der Waals surface area contributed by atoms with E-state index in [0.717, 1.165) is 30.8 Å². The highest BCUT2D eigenvalue weighted by Gasteiger charge is 2.16. The van der Waals surface area contributed by atoms with E-state index in [1.165, 1.54) is 23.3 Å². The van der Waals surface area contributed by atoms with Crippen LogP contribution in [0.4, 0.5) is 0 Å². The summed E-state index contributed by atoms with van der Waals surface area (Å²) in [6.45, 7) is 5.26. The third kappa shape index (κ3) is 7.88. The van der Waals surface area contributed by atoms with Crippen LogP contribution in [0.1, 0.15) is 43.5 Å². The number of hydroxylamine groups is 2. The molecule has 0 fully saturated rings. The fourth-order valence-electron chi connectivity index (χ4n) is 3.69. The van der Waals surface area contributed by atoms with Gasteiger partial charge in [-0.1, -0.05) is 60.7 Å². The highest BCUT2D eigenvalue weighted by molar-refractivity contribution is 5.91. The molecular weight excluding hydrogens is 470 g/mol.